The summed E-state index contributed by atoms with van der Waals surface area (Å²) < 4.78 is 5.73. The number of hydrogen-bond acceptors (Lipinski definition) is 3. The number of rotatable bonds is 3. The Hall–Kier alpha value is -0.610. The number of piperidine rings is 1. The van der Waals surface area contributed by atoms with Crippen molar-refractivity contribution in [3.63, 3.8) is 0 Å². The molecule has 1 amide bonds. The highest BCUT2D eigenvalue weighted by Gasteiger charge is 2.64. The molecule has 0 aromatic carbocycles. The Morgan fingerprint density at radius 3 is 2.30 bits per heavy atom. The van der Waals surface area contributed by atoms with E-state index in [0.717, 1.165) is 12.8 Å². The minimum absolute atomic E-state index is 0.0943. The van der Waals surface area contributed by atoms with Gasteiger partial charge in [0.05, 0.1) is 6.10 Å². The number of hydrogen-bond donors (Lipinski definition) is 1. The Bertz CT molecular complexity index is 373. The molecular formula is C16H30N2O2. The molecule has 2 rings (SSSR count). The molecule has 2 unspecified atom stereocenters. The van der Waals surface area contributed by atoms with Gasteiger partial charge in [-0.25, -0.2) is 0 Å². The second-order valence-corrected chi connectivity index (χ2v) is 7.18. The molecule has 4 heteroatoms. The van der Waals surface area contributed by atoms with E-state index in [9.17, 15) is 4.79 Å². The lowest BCUT2D eigenvalue weighted by atomic mass is 9.54. The van der Waals surface area contributed by atoms with E-state index in [1.807, 2.05) is 11.8 Å². The van der Waals surface area contributed by atoms with Gasteiger partial charge in [0, 0.05) is 30.5 Å². The third kappa shape index (κ3) is 2.17. The van der Waals surface area contributed by atoms with E-state index < -0.39 is 5.54 Å². The molecular weight excluding hydrogens is 252 g/mol. The second-order valence-electron chi connectivity index (χ2n) is 7.18. The minimum Gasteiger partial charge on any atom is -0.378 e. The topological polar surface area (TPSA) is 55.6 Å². The molecule has 0 aromatic heterocycles. The number of carbonyl (C=O) groups excluding carboxylic acids is 1. The Kier molecular flexibility index (Phi) is 4.18. The van der Waals surface area contributed by atoms with Crippen LogP contribution in [0.4, 0.5) is 0 Å². The summed E-state index contributed by atoms with van der Waals surface area (Å²) in [5, 5.41) is 0. The maximum Gasteiger partial charge on any atom is 0.243 e. The van der Waals surface area contributed by atoms with Crippen LogP contribution in [0.25, 0.3) is 0 Å². The van der Waals surface area contributed by atoms with E-state index in [1.165, 1.54) is 6.42 Å². The van der Waals surface area contributed by atoms with Crippen molar-refractivity contribution in [3.8, 4) is 0 Å². The van der Waals surface area contributed by atoms with Crippen molar-refractivity contribution in [3.05, 3.63) is 0 Å². The maximum absolute atomic E-state index is 13.0. The summed E-state index contributed by atoms with van der Waals surface area (Å²) in [6.45, 7) is 11.1. The number of nitrogens with two attached hydrogens (primary N) is 1. The molecule has 0 radical (unpaired) electrons. The molecule has 116 valence electrons. The van der Waals surface area contributed by atoms with Crippen molar-refractivity contribution in [2.75, 3.05) is 6.61 Å². The number of likely N-dealkylation sites (tertiary alicyclic amines) is 1. The van der Waals surface area contributed by atoms with Crippen LogP contribution in [-0.4, -0.2) is 41.1 Å². The van der Waals surface area contributed by atoms with E-state index in [-0.39, 0.29) is 17.4 Å². The molecule has 0 bridgehead atoms. The predicted molar refractivity (Wildman–Crippen MR) is 80.4 cm³/mol. The number of ether oxygens (including phenoxy) is 1. The molecule has 1 saturated heterocycles. The Labute approximate surface area is 123 Å². The Balaban J connectivity index is 2.16. The standard InChI is InChI=1S/C16H30N2O2/c1-6-20-13-10-16(17,15(13,4)5)14(19)18-11(2)8-7-9-12(18)3/h11-13H,6-10,17H2,1-5H3/t11-,12+,13?,16?. The van der Waals surface area contributed by atoms with Crippen LogP contribution in [0, 0.1) is 5.41 Å². The molecule has 2 N–H and O–H groups in total. The first-order valence-electron chi connectivity index (χ1n) is 7.99. The fraction of sp³-hybridized carbons (Fsp3) is 0.938. The smallest absolute Gasteiger partial charge is 0.243 e. The molecule has 1 heterocycles. The molecule has 20 heavy (non-hydrogen) atoms. The van der Waals surface area contributed by atoms with Gasteiger partial charge in [-0.15, -0.1) is 0 Å². The fourth-order valence-corrected chi connectivity index (χ4v) is 3.85. The van der Waals surface area contributed by atoms with Gasteiger partial charge >= 0.3 is 0 Å². The highest BCUT2D eigenvalue weighted by atomic mass is 16.5. The summed E-state index contributed by atoms with van der Waals surface area (Å²) in [5.41, 5.74) is 5.46. The van der Waals surface area contributed by atoms with Crippen molar-refractivity contribution in [1.29, 1.82) is 0 Å². The average molecular weight is 282 g/mol. The van der Waals surface area contributed by atoms with E-state index in [0.29, 0.717) is 25.1 Å². The molecule has 1 aliphatic carbocycles. The monoisotopic (exact) mass is 282 g/mol. The highest BCUT2D eigenvalue weighted by molar-refractivity contribution is 5.89. The van der Waals surface area contributed by atoms with E-state index in [4.69, 9.17) is 10.5 Å². The first kappa shape index (κ1) is 15.8. The summed E-state index contributed by atoms with van der Waals surface area (Å²) in [5.74, 6) is 0.123. The van der Waals surface area contributed by atoms with E-state index >= 15 is 0 Å². The lowest BCUT2D eigenvalue weighted by Crippen LogP contribution is -2.77. The van der Waals surface area contributed by atoms with E-state index in [1.54, 1.807) is 0 Å². The van der Waals surface area contributed by atoms with Crippen LogP contribution < -0.4 is 5.73 Å². The third-order valence-corrected chi connectivity index (χ3v) is 5.64. The van der Waals surface area contributed by atoms with Crippen molar-refractivity contribution in [2.24, 2.45) is 11.1 Å². The molecule has 0 aromatic rings. The van der Waals surface area contributed by atoms with Gasteiger partial charge in [0.25, 0.3) is 0 Å². The summed E-state index contributed by atoms with van der Waals surface area (Å²) in [4.78, 5) is 15.1. The average Bonchev–Trinajstić information content (AvgIpc) is 2.37. The lowest BCUT2D eigenvalue weighted by Gasteiger charge is -2.60. The van der Waals surface area contributed by atoms with Crippen LogP contribution >= 0.6 is 0 Å². The minimum atomic E-state index is -0.771. The summed E-state index contributed by atoms with van der Waals surface area (Å²) in [6, 6.07) is 0.599. The van der Waals surface area contributed by atoms with Gasteiger partial charge < -0.3 is 15.4 Å². The third-order valence-electron chi connectivity index (χ3n) is 5.64. The summed E-state index contributed by atoms with van der Waals surface area (Å²) >= 11 is 0. The van der Waals surface area contributed by atoms with Crippen LogP contribution in [0.15, 0.2) is 0 Å². The van der Waals surface area contributed by atoms with Crippen LogP contribution in [-0.2, 0) is 9.53 Å². The van der Waals surface area contributed by atoms with Gasteiger partial charge in [-0.2, -0.15) is 0 Å². The van der Waals surface area contributed by atoms with Crippen LogP contribution in [0.2, 0.25) is 0 Å². The predicted octanol–water partition coefficient (Wildman–Crippen LogP) is 2.31. The first-order chi connectivity index (χ1) is 9.25. The zero-order valence-corrected chi connectivity index (χ0v) is 13.6. The summed E-state index contributed by atoms with van der Waals surface area (Å²) in [7, 11) is 0. The van der Waals surface area contributed by atoms with Crippen molar-refractivity contribution in [1.82, 2.24) is 4.90 Å². The largest absolute Gasteiger partial charge is 0.378 e. The number of carbonyl (C=O) groups is 1. The fourth-order valence-electron chi connectivity index (χ4n) is 3.85. The van der Waals surface area contributed by atoms with Crippen LogP contribution in [0.1, 0.15) is 60.3 Å². The molecule has 4 nitrogen and oxygen atoms in total. The number of amides is 1. The molecule has 2 fully saturated rings. The Morgan fingerprint density at radius 1 is 1.30 bits per heavy atom. The van der Waals surface area contributed by atoms with Crippen LogP contribution in [0.3, 0.4) is 0 Å². The zero-order valence-electron chi connectivity index (χ0n) is 13.6. The van der Waals surface area contributed by atoms with E-state index in [2.05, 4.69) is 27.7 Å². The van der Waals surface area contributed by atoms with Gasteiger partial charge in [0.1, 0.15) is 5.54 Å². The van der Waals surface area contributed by atoms with Crippen LogP contribution in [0.5, 0.6) is 0 Å². The van der Waals surface area contributed by atoms with Crippen molar-refractivity contribution in [2.45, 2.75) is 84.0 Å². The second kappa shape index (κ2) is 5.30. The summed E-state index contributed by atoms with van der Waals surface area (Å²) in [6.07, 6.45) is 4.11. The lowest BCUT2D eigenvalue weighted by molar-refractivity contribution is -0.184. The van der Waals surface area contributed by atoms with Gasteiger partial charge in [-0.05, 0) is 40.0 Å². The molecule has 4 atom stereocenters. The highest BCUT2D eigenvalue weighted by Crippen LogP contribution is 2.51. The first-order valence-corrected chi connectivity index (χ1v) is 7.99. The maximum atomic E-state index is 13.0. The zero-order chi connectivity index (χ0) is 15.1. The van der Waals surface area contributed by atoms with Gasteiger partial charge in [-0.1, -0.05) is 13.8 Å². The normalized spacial score (nSPS) is 40.3. The van der Waals surface area contributed by atoms with Crippen molar-refractivity contribution < 1.29 is 9.53 Å². The Morgan fingerprint density at radius 2 is 1.85 bits per heavy atom. The van der Waals surface area contributed by atoms with Gasteiger partial charge in [0.2, 0.25) is 5.91 Å². The van der Waals surface area contributed by atoms with Gasteiger partial charge in [-0.3, -0.25) is 4.79 Å². The molecule has 1 saturated carbocycles. The van der Waals surface area contributed by atoms with Crippen molar-refractivity contribution >= 4 is 5.91 Å². The van der Waals surface area contributed by atoms with Gasteiger partial charge in [0.15, 0.2) is 0 Å². The quantitative estimate of drug-likeness (QED) is 0.864. The molecule has 0 spiro atoms. The molecule has 1 aliphatic heterocycles. The number of nitrogens with zero attached hydrogens (tertiary/aromatic N) is 1. The SMILES string of the molecule is CCOC1CC(N)(C(=O)N2[C@H](C)CCC[C@@H]2C)C1(C)C. The molecule has 2 aliphatic rings.